The van der Waals surface area contributed by atoms with Gasteiger partial charge in [-0.2, -0.15) is 0 Å². The second kappa shape index (κ2) is 6.96. The lowest BCUT2D eigenvalue weighted by atomic mass is 10.1. The molecule has 8 heteroatoms. The number of rotatable bonds is 5. The van der Waals surface area contributed by atoms with Crippen molar-refractivity contribution in [3.8, 4) is 0 Å². The van der Waals surface area contributed by atoms with Crippen molar-refractivity contribution in [2.45, 2.75) is 18.1 Å². The van der Waals surface area contributed by atoms with E-state index >= 15 is 0 Å². The molecular weight excluding hydrogens is 334 g/mol. The molecule has 0 fully saturated rings. The molecule has 2 aromatic heterocycles. The molecule has 0 saturated carbocycles. The molecule has 1 aromatic carbocycles. The number of carbonyl (C=O) groups is 1. The number of nitrogens with zero attached hydrogens (tertiary/aromatic N) is 3. The number of carbonyl (C=O) groups excluding carboxylic acids is 1. The van der Waals surface area contributed by atoms with Crippen LogP contribution in [0.2, 0.25) is 0 Å². The molecule has 24 heavy (non-hydrogen) atoms. The van der Waals surface area contributed by atoms with Crippen molar-refractivity contribution < 1.29 is 13.6 Å². The van der Waals surface area contributed by atoms with E-state index in [0.29, 0.717) is 10.8 Å². The summed E-state index contributed by atoms with van der Waals surface area (Å²) in [7, 11) is 0. The third kappa shape index (κ3) is 3.53. The van der Waals surface area contributed by atoms with Crippen LogP contribution in [0.3, 0.4) is 0 Å². The van der Waals surface area contributed by atoms with Crippen molar-refractivity contribution in [3.05, 3.63) is 59.8 Å². The van der Waals surface area contributed by atoms with E-state index in [1.165, 1.54) is 17.8 Å². The van der Waals surface area contributed by atoms with Crippen molar-refractivity contribution in [1.29, 1.82) is 0 Å². The zero-order valence-electron chi connectivity index (χ0n) is 12.7. The van der Waals surface area contributed by atoms with Crippen LogP contribution in [0.4, 0.5) is 8.78 Å². The molecule has 0 aliphatic rings. The molecule has 0 bridgehead atoms. The van der Waals surface area contributed by atoms with E-state index in [0.717, 1.165) is 12.1 Å². The largest absolute Gasteiger partial charge is 0.349 e. The Bertz CT molecular complexity index is 883. The summed E-state index contributed by atoms with van der Waals surface area (Å²) in [6.45, 7) is 1.64. The highest BCUT2D eigenvalue weighted by molar-refractivity contribution is 7.99. The number of fused-ring (bicyclic) bond motifs is 1. The van der Waals surface area contributed by atoms with Gasteiger partial charge in [-0.3, -0.25) is 9.20 Å². The summed E-state index contributed by atoms with van der Waals surface area (Å²) < 4.78 is 28.4. The molecule has 1 amide bonds. The highest BCUT2D eigenvalue weighted by Gasteiger charge is 2.15. The van der Waals surface area contributed by atoms with Gasteiger partial charge in [0.05, 0.1) is 11.8 Å². The minimum Gasteiger partial charge on any atom is -0.349 e. The number of hydrogen-bond acceptors (Lipinski definition) is 4. The van der Waals surface area contributed by atoms with Gasteiger partial charge in [0.15, 0.2) is 10.8 Å². The number of nitrogens with one attached hydrogen (secondary N) is 1. The molecule has 5 nitrogen and oxygen atoms in total. The minimum atomic E-state index is -0.682. The third-order valence-electron chi connectivity index (χ3n) is 3.42. The first-order chi connectivity index (χ1) is 11.5. The van der Waals surface area contributed by atoms with Gasteiger partial charge in [-0.15, -0.1) is 10.2 Å². The average Bonchev–Trinajstić information content (AvgIpc) is 2.96. The predicted octanol–water partition coefficient (Wildman–Crippen LogP) is 2.98. The van der Waals surface area contributed by atoms with E-state index in [9.17, 15) is 13.6 Å². The monoisotopic (exact) mass is 348 g/mol. The normalized spacial score (nSPS) is 12.3. The second-order valence-electron chi connectivity index (χ2n) is 5.16. The fourth-order valence-electron chi connectivity index (χ4n) is 2.26. The molecule has 0 aliphatic heterocycles. The molecular formula is C16H14F2N4OS. The molecule has 3 aromatic rings. The van der Waals surface area contributed by atoms with Gasteiger partial charge in [0.1, 0.15) is 11.6 Å². The van der Waals surface area contributed by atoms with Crippen molar-refractivity contribution >= 4 is 23.3 Å². The maximum absolute atomic E-state index is 13.7. The van der Waals surface area contributed by atoms with Crippen LogP contribution in [-0.2, 0) is 4.79 Å². The van der Waals surface area contributed by atoms with Crippen LogP contribution in [0, 0.1) is 11.6 Å². The van der Waals surface area contributed by atoms with E-state index < -0.39 is 17.7 Å². The molecule has 0 radical (unpaired) electrons. The van der Waals surface area contributed by atoms with Crippen molar-refractivity contribution in [2.75, 3.05) is 5.75 Å². The van der Waals surface area contributed by atoms with Gasteiger partial charge in [-0.1, -0.05) is 23.9 Å². The summed E-state index contributed by atoms with van der Waals surface area (Å²) in [5, 5.41) is 11.3. The van der Waals surface area contributed by atoms with Gasteiger partial charge >= 0.3 is 0 Å². The van der Waals surface area contributed by atoms with Gasteiger partial charge in [0, 0.05) is 17.8 Å². The van der Waals surface area contributed by atoms with E-state index in [2.05, 4.69) is 15.5 Å². The van der Waals surface area contributed by atoms with E-state index in [1.54, 1.807) is 11.3 Å². The van der Waals surface area contributed by atoms with Gasteiger partial charge in [0.25, 0.3) is 0 Å². The number of aromatic nitrogens is 3. The number of halogens is 2. The Morgan fingerprint density at radius 2 is 2.12 bits per heavy atom. The lowest BCUT2D eigenvalue weighted by Crippen LogP contribution is -2.28. The van der Waals surface area contributed by atoms with Crippen LogP contribution >= 0.6 is 11.8 Å². The highest BCUT2D eigenvalue weighted by Crippen LogP contribution is 2.19. The van der Waals surface area contributed by atoms with Gasteiger partial charge in [0.2, 0.25) is 5.91 Å². The minimum absolute atomic E-state index is 0.114. The predicted molar refractivity (Wildman–Crippen MR) is 86.6 cm³/mol. The number of benzene rings is 1. The Morgan fingerprint density at radius 3 is 2.92 bits per heavy atom. The van der Waals surface area contributed by atoms with Crippen LogP contribution in [0.1, 0.15) is 18.5 Å². The maximum Gasteiger partial charge on any atom is 0.230 e. The number of pyridine rings is 1. The number of thioether (sulfide) groups is 1. The summed E-state index contributed by atoms with van der Waals surface area (Å²) in [5.41, 5.74) is 0.935. The Morgan fingerprint density at radius 1 is 1.29 bits per heavy atom. The zero-order chi connectivity index (χ0) is 17.1. The third-order valence-corrected chi connectivity index (χ3v) is 4.36. The molecule has 0 saturated heterocycles. The molecule has 3 rings (SSSR count). The Balaban J connectivity index is 1.61. The van der Waals surface area contributed by atoms with Crippen molar-refractivity contribution in [3.63, 3.8) is 0 Å². The van der Waals surface area contributed by atoms with Crippen LogP contribution in [0.25, 0.3) is 5.65 Å². The lowest BCUT2D eigenvalue weighted by Gasteiger charge is -2.14. The quantitative estimate of drug-likeness (QED) is 0.720. The average molecular weight is 348 g/mol. The van der Waals surface area contributed by atoms with Gasteiger partial charge in [-0.05, 0) is 25.1 Å². The summed E-state index contributed by atoms with van der Waals surface area (Å²) >= 11 is 1.23. The fourth-order valence-corrected chi connectivity index (χ4v) is 3.00. The van der Waals surface area contributed by atoms with Gasteiger partial charge in [-0.25, -0.2) is 8.78 Å². The van der Waals surface area contributed by atoms with Crippen LogP contribution < -0.4 is 5.32 Å². The first-order valence-corrected chi connectivity index (χ1v) is 8.20. The second-order valence-corrected chi connectivity index (χ2v) is 6.10. The van der Waals surface area contributed by atoms with E-state index in [-0.39, 0.29) is 17.2 Å². The Kier molecular flexibility index (Phi) is 4.75. The summed E-state index contributed by atoms with van der Waals surface area (Å²) in [5.74, 6) is -1.49. The SMILES string of the molecule is CC(NC(=O)CSc1nnc2ccccn12)c1ccc(F)cc1F. The molecule has 0 aliphatic carbocycles. The zero-order valence-corrected chi connectivity index (χ0v) is 13.6. The molecule has 1 N–H and O–H groups in total. The van der Waals surface area contributed by atoms with E-state index in [4.69, 9.17) is 0 Å². The Hall–Kier alpha value is -2.48. The molecule has 1 unspecified atom stereocenters. The lowest BCUT2D eigenvalue weighted by molar-refractivity contribution is -0.119. The van der Waals surface area contributed by atoms with Gasteiger partial charge < -0.3 is 5.32 Å². The maximum atomic E-state index is 13.7. The number of hydrogen-bond donors (Lipinski definition) is 1. The molecule has 2 heterocycles. The first kappa shape index (κ1) is 16.4. The van der Waals surface area contributed by atoms with Crippen LogP contribution in [0.5, 0.6) is 0 Å². The van der Waals surface area contributed by atoms with Crippen LogP contribution in [0.15, 0.2) is 47.8 Å². The van der Waals surface area contributed by atoms with E-state index in [1.807, 2.05) is 24.4 Å². The summed E-state index contributed by atoms with van der Waals surface area (Å²) in [4.78, 5) is 12.1. The molecule has 1 atom stereocenters. The molecule has 0 spiro atoms. The summed E-state index contributed by atoms with van der Waals surface area (Å²) in [6, 6.07) is 8.25. The standard InChI is InChI=1S/C16H14F2N4OS/c1-10(12-6-5-11(17)8-13(12)18)19-15(23)9-24-16-21-20-14-4-2-3-7-22(14)16/h2-8,10H,9H2,1H3,(H,19,23). The first-order valence-electron chi connectivity index (χ1n) is 7.21. The van der Waals surface area contributed by atoms with Crippen molar-refractivity contribution in [1.82, 2.24) is 19.9 Å². The Labute approximate surface area is 141 Å². The summed E-state index contributed by atoms with van der Waals surface area (Å²) in [6.07, 6.45) is 1.81. The topological polar surface area (TPSA) is 59.3 Å². The smallest absolute Gasteiger partial charge is 0.230 e. The fraction of sp³-hybridized carbons (Fsp3) is 0.188. The molecule has 124 valence electrons. The number of amides is 1. The highest BCUT2D eigenvalue weighted by atomic mass is 32.2. The van der Waals surface area contributed by atoms with Crippen LogP contribution in [-0.4, -0.2) is 26.3 Å². The van der Waals surface area contributed by atoms with Crippen molar-refractivity contribution in [2.24, 2.45) is 0 Å².